The molecule has 0 aliphatic carbocycles. The standard InChI is InChI=1S/C25H28BrN5O3/c1-16(32)20-15-27-21-7-5-17(26)13-19(21)23(20)29-18-6-8-22(28-14-18)30-9-11-31(12-10-30)24(33)34-25(2,3)4/h5-8,13-15H,9-12H2,1-4H3,(H,27,29). The van der Waals surface area contributed by atoms with Crippen LogP contribution in [-0.2, 0) is 4.74 Å². The third-order valence-electron chi connectivity index (χ3n) is 5.48. The number of benzene rings is 1. The Hall–Kier alpha value is -3.20. The molecule has 1 aromatic carbocycles. The lowest BCUT2D eigenvalue weighted by molar-refractivity contribution is 0.0240. The predicted octanol–water partition coefficient (Wildman–Crippen LogP) is 5.40. The summed E-state index contributed by atoms with van der Waals surface area (Å²) in [6, 6.07) is 9.66. The van der Waals surface area contributed by atoms with Crippen molar-refractivity contribution in [2.24, 2.45) is 0 Å². The van der Waals surface area contributed by atoms with Crippen LogP contribution in [0.3, 0.4) is 0 Å². The summed E-state index contributed by atoms with van der Waals surface area (Å²) < 4.78 is 6.37. The maximum Gasteiger partial charge on any atom is 0.410 e. The number of piperazine rings is 1. The number of aromatic nitrogens is 2. The van der Waals surface area contributed by atoms with Crippen LogP contribution in [0.2, 0.25) is 0 Å². The van der Waals surface area contributed by atoms with Gasteiger partial charge in [0.05, 0.1) is 28.7 Å². The molecule has 1 amide bonds. The number of hydrogen-bond donors (Lipinski definition) is 1. The van der Waals surface area contributed by atoms with Crippen molar-refractivity contribution in [1.82, 2.24) is 14.9 Å². The predicted molar refractivity (Wildman–Crippen MR) is 137 cm³/mol. The smallest absolute Gasteiger partial charge is 0.410 e. The summed E-state index contributed by atoms with van der Waals surface area (Å²) >= 11 is 3.50. The van der Waals surface area contributed by atoms with Gasteiger partial charge in [-0.25, -0.2) is 9.78 Å². The van der Waals surface area contributed by atoms with E-state index in [4.69, 9.17) is 4.74 Å². The highest BCUT2D eigenvalue weighted by Crippen LogP contribution is 2.31. The highest BCUT2D eigenvalue weighted by atomic mass is 79.9. The first-order valence-electron chi connectivity index (χ1n) is 11.2. The largest absolute Gasteiger partial charge is 0.444 e. The first-order chi connectivity index (χ1) is 16.1. The van der Waals surface area contributed by atoms with E-state index in [1.807, 2.05) is 51.1 Å². The fourth-order valence-electron chi connectivity index (χ4n) is 3.80. The summed E-state index contributed by atoms with van der Waals surface area (Å²) in [5.74, 6) is 0.771. The van der Waals surface area contributed by atoms with E-state index in [9.17, 15) is 9.59 Å². The molecule has 3 heterocycles. The average Bonchev–Trinajstić information content (AvgIpc) is 2.78. The lowest BCUT2D eigenvalue weighted by atomic mass is 10.1. The minimum atomic E-state index is -0.503. The fourth-order valence-corrected chi connectivity index (χ4v) is 4.16. The van der Waals surface area contributed by atoms with Gasteiger partial charge in [-0.05, 0) is 58.0 Å². The molecule has 4 rings (SSSR count). The van der Waals surface area contributed by atoms with Crippen LogP contribution in [0.4, 0.5) is 22.0 Å². The molecule has 0 bridgehead atoms. The van der Waals surface area contributed by atoms with E-state index in [0.29, 0.717) is 37.4 Å². The van der Waals surface area contributed by atoms with Crippen molar-refractivity contribution >= 4 is 55.9 Å². The number of Topliss-reactive ketones (excluding diaryl/α,β-unsaturated/α-hetero) is 1. The van der Waals surface area contributed by atoms with E-state index in [1.54, 1.807) is 17.3 Å². The van der Waals surface area contributed by atoms with E-state index >= 15 is 0 Å². The van der Waals surface area contributed by atoms with Gasteiger partial charge in [0.25, 0.3) is 0 Å². The zero-order valence-electron chi connectivity index (χ0n) is 19.8. The molecule has 0 radical (unpaired) electrons. The molecule has 3 aromatic rings. The zero-order chi connectivity index (χ0) is 24.5. The van der Waals surface area contributed by atoms with Crippen molar-refractivity contribution in [2.45, 2.75) is 33.3 Å². The van der Waals surface area contributed by atoms with Gasteiger partial charge in [-0.15, -0.1) is 0 Å². The Bertz CT molecular complexity index is 1220. The number of anilines is 3. The lowest BCUT2D eigenvalue weighted by Crippen LogP contribution is -2.50. The van der Waals surface area contributed by atoms with Crippen LogP contribution in [0.5, 0.6) is 0 Å². The molecule has 0 saturated carbocycles. The first-order valence-corrected chi connectivity index (χ1v) is 12.0. The first kappa shape index (κ1) is 23.9. The number of ether oxygens (including phenoxy) is 1. The molecule has 1 fully saturated rings. The molecule has 0 spiro atoms. The molecule has 9 heteroatoms. The summed E-state index contributed by atoms with van der Waals surface area (Å²) in [7, 11) is 0. The Kier molecular flexibility index (Phi) is 6.74. The quantitative estimate of drug-likeness (QED) is 0.456. The van der Waals surface area contributed by atoms with Crippen LogP contribution in [0, 0.1) is 0 Å². The fraction of sp³-hybridized carbons (Fsp3) is 0.360. The van der Waals surface area contributed by atoms with Gasteiger partial charge in [-0.1, -0.05) is 15.9 Å². The van der Waals surface area contributed by atoms with Gasteiger partial charge in [0.15, 0.2) is 5.78 Å². The third-order valence-corrected chi connectivity index (χ3v) is 5.98. The number of halogens is 1. The molecular weight excluding hydrogens is 498 g/mol. The van der Waals surface area contributed by atoms with Crippen molar-refractivity contribution in [3.05, 3.63) is 52.8 Å². The average molecular weight is 526 g/mol. The monoisotopic (exact) mass is 525 g/mol. The summed E-state index contributed by atoms with van der Waals surface area (Å²) in [5, 5.41) is 4.22. The molecule has 8 nitrogen and oxygen atoms in total. The maximum atomic E-state index is 12.3. The number of nitrogens with zero attached hydrogens (tertiary/aromatic N) is 4. The van der Waals surface area contributed by atoms with Crippen LogP contribution in [-0.4, -0.2) is 58.5 Å². The molecule has 1 N–H and O–H groups in total. The van der Waals surface area contributed by atoms with Gasteiger partial charge >= 0.3 is 6.09 Å². The second kappa shape index (κ2) is 9.58. The van der Waals surface area contributed by atoms with Crippen LogP contribution in [0.15, 0.2) is 47.2 Å². The van der Waals surface area contributed by atoms with E-state index < -0.39 is 5.60 Å². The number of nitrogens with one attached hydrogen (secondary N) is 1. The zero-order valence-corrected chi connectivity index (χ0v) is 21.3. The van der Waals surface area contributed by atoms with Gasteiger partial charge < -0.3 is 19.9 Å². The van der Waals surface area contributed by atoms with Crippen molar-refractivity contribution < 1.29 is 14.3 Å². The van der Waals surface area contributed by atoms with Gasteiger partial charge in [0.1, 0.15) is 11.4 Å². The van der Waals surface area contributed by atoms with E-state index in [-0.39, 0.29) is 11.9 Å². The number of carbonyl (C=O) groups excluding carboxylic acids is 2. The lowest BCUT2D eigenvalue weighted by Gasteiger charge is -2.36. The summed E-state index contributed by atoms with van der Waals surface area (Å²) in [6.07, 6.45) is 3.08. The number of pyridine rings is 2. The normalized spacial score (nSPS) is 14.3. The number of amides is 1. The van der Waals surface area contributed by atoms with E-state index in [2.05, 4.69) is 36.1 Å². The van der Waals surface area contributed by atoms with Crippen LogP contribution in [0.1, 0.15) is 38.1 Å². The van der Waals surface area contributed by atoms with E-state index in [0.717, 1.165) is 26.9 Å². The molecule has 0 atom stereocenters. The van der Waals surface area contributed by atoms with Gasteiger partial charge in [0.2, 0.25) is 0 Å². The number of carbonyl (C=O) groups is 2. The van der Waals surface area contributed by atoms with E-state index in [1.165, 1.54) is 6.92 Å². The van der Waals surface area contributed by atoms with Gasteiger partial charge in [-0.2, -0.15) is 0 Å². The minimum Gasteiger partial charge on any atom is -0.444 e. The van der Waals surface area contributed by atoms with Crippen LogP contribution >= 0.6 is 15.9 Å². The molecule has 178 valence electrons. The molecule has 2 aromatic heterocycles. The Morgan fingerprint density at radius 3 is 2.38 bits per heavy atom. The second-order valence-corrected chi connectivity index (χ2v) is 10.2. The van der Waals surface area contributed by atoms with Gasteiger partial charge in [0, 0.05) is 42.2 Å². The van der Waals surface area contributed by atoms with Crippen molar-refractivity contribution in [3.63, 3.8) is 0 Å². The number of rotatable bonds is 4. The second-order valence-electron chi connectivity index (χ2n) is 9.25. The molecule has 1 aliphatic rings. The Balaban J connectivity index is 1.48. The molecular formula is C25H28BrN5O3. The molecule has 1 aliphatic heterocycles. The molecule has 34 heavy (non-hydrogen) atoms. The van der Waals surface area contributed by atoms with Crippen LogP contribution < -0.4 is 10.2 Å². The van der Waals surface area contributed by atoms with Crippen LogP contribution in [0.25, 0.3) is 10.9 Å². The Morgan fingerprint density at radius 1 is 1.03 bits per heavy atom. The number of ketones is 1. The van der Waals surface area contributed by atoms with Crippen molar-refractivity contribution in [3.8, 4) is 0 Å². The third kappa shape index (κ3) is 5.47. The minimum absolute atomic E-state index is 0.0655. The summed E-state index contributed by atoms with van der Waals surface area (Å²) in [4.78, 5) is 37.5. The maximum absolute atomic E-state index is 12.3. The number of fused-ring (bicyclic) bond motifs is 1. The highest BCUT2D eigenvalue weighted by Gasteiger charge is 2.26. The summed E-state index contributed by atoms with van der Waals surface area (Å²) in [6.45, 7) is 9.65. The molecule has 1 saturated heterocycles. The SMILES string of the molecule is CC(=O)c1cnc2ccc(Br)cc2c1Nc1ccc(N2CCN(C(=O)OC(C)(C)C)CC2)nc1. The van der Waals surface area contributed by atoms with Gasteiger partial charge in [-0.3, -0.25) is 9.78 Å². The Morgan fingerprint density at radius 2 is 1.76 bits per heavy atom. The molecule has 0 unspecified atom stereocenters. The topological polar surface area (TPSA) is 87.7 Å². The Labute approximate surface area is 207 Å². The summed E-state index contributed by atoms with van der Waals surface area (Å²) in [5.41, 5.74) is 2.29. The van der Waals surface area contributed by atoms with Crippen molar-refractivity contribution in [1.29, 1.82) is 0 Å². The number of hydrogen-bond acceptors (Lipinski definition) is 7. The van der Waals surface area contributed by atoms with Crippen molar-refractivity contribution in [2.75, 3.05) is 36.4 Å². The highest BCUT2D eigenvalue weighted by molar-refractivity contribution is 9.10.